The van der Waals surface area contributed by atoms with Gasteiger partial charge in [0.25, 0.3) is 0 Å². The molecule has 0 aliphatic heterocycles. The van der Waals surface area contributed by atoms with Crippen LogP contribution in [0.15, 0.2) is 0 Å². The monoisotopic (exact) mass is 90.0 g/mol. The first-order valence-corrected chi connectivity index (χ1v) is 3.87. The van der Waals surface area contributed by atoms with Crippen molar-refractivity contribution in [3.8, 4) is 0 Å². The van der Waals surface area contributed by atoms with Gasteiger partial charge in [-0.2, -0.15) is 0 Å². The first-order valence-electron chi connectivity index (χ1n) is 1.29. The van der Waals surface area contributed by atoms with Crippen LogP contribution in [-0.4, -0.2) is 26.5 Å². The van der Waals surface area contributed by atoms with Crippen molar-refractivity contribution in [2.75, 3.05) is 0 Å². The second-order valence-electron chi connectivity index (χ2n) is 0. The van der Waals surface area contributed by atoms with Crippen LogP contribution in [0.3, 0.4) is 0 Å². The molecule has 0 N–H and O–H groups in total. The van der Waals surface area contributed by atoms with Gasteiger partial charge in [-0.3, -0.25) is 0 Å². The van der Waals surface area contributed by atoms with Crippen molar-refractivity contribution in [2.24, 2.45) is 0 Å². The van der Waals surface area contributed by atoms with Crippen molar-refractivity contribution in [1.29, 1.82) is 0 Å². The molecule has 0 heterocycles. The summed E-state index contributed by atoms with van der Waals surface area (Å²) in [6.07, 6.45) is 0. The normalized spacial score (nSPS) is 3.00. The van der Waals surface area contributed by atoms with Crippen LogP contribution in [-0.2, 0) is 3.80 Å². The summed E-state index contributed by atoms with van der Waals surface area (Å²) >= 11 is 0.611. The van der Waals surface area contributed by atoms with Crippen molar-refractivity contribution >= 4 is 26.5 Å². The molecule has 0 bridgehead atoms. The van der Waals surface area contributed by atoms with E-state index >= 15 is 0 Å². The Balaban J connectivity index is 0. The SMILES string of the molecule is C[SiH3].[O]=[AlH]. The van der Waals surface area contributed by atoms with Gasteiger partial charge >= 0.3 is 20.0 Å². The summed E-state index contributed by atoms with van der Waals surface area (Å²) < 4.78 is 8.28. The Bertz CT molecular complexity index is 8.00. The molecule has 4 heavy (non-hydrogen) atoms. The molecule has 0 rings (SSSR count). The molecular formula is CH7AlOSi. The van der Waals surface area contributed by atoms with Crippen LogP contribution in [0.5, 0.6) is 0 Å². The van der Waals surface area contributed by atoms with E-state index in [0.29, 0.717) is 16.2 Å². The fraction of sp³-hybridized carbons (Fsp3) is 1.00. The molecule has 0 aromatic heterocycles. The number of rotatable bonds is 0. The minimum atomic E-state index is 0.611. The van der Waals surface area contributed by atoms with Crippen LogP contribution in [0.25, 0.3) is 0 Å². The van der Waals surface area contributed by atoms with Crippen LogP contribution in [0.1, 0.15) is 0 Å². The average molecular weight is 90.1 g/mol. The van der Waals surface area contributed by atoms with Gasteiger partial charge in [-0.25, -0.2) is 0 Å². The molecule has 0 amide bonds. The van der Waals surface area contributed by atoms with Crippen LogP contribution in [0.2, 0.25) is 6.55 Å². The molecular weight excluding hydrogens is 83.1 g/mol. The Morgan fingerprint density at radius 2 is 1.50 bits per heavy atom. The van der Waals surface area contributed by atoms with Gasteiger partial charge in [0.05, 0.1) is 0 Å². The van der Waals surface area contributed by atoms with Crippen LogP contribution < -0.4 is 0 Å². The molecule has 0 atom stereocenters. The third-order valence-corrected chi connectivity index (χ3v) is 0. The Kier molecular flexibility index (Phi) is 169. The van der Waals surface area contributed by atoms with Crippen molar-refractivity contribution in [1.82, 2.24) is 0 Å². The molecule has 3 heteroatoms. The van der Waals surface area contributed by atoms with E-state index in [0.717, 1.165) is 0 Å². The van der Waals surface area contributed by atoms with Crippen molar-refractivity contribution < 1.29 is 3.80 Å². The summed E-state index contributed by atoms with van der Waals surface area (Å²) in [6.45, 7) is 2.14. The minimum absolute atomic E-state index is 0.611. The zero-order valence-corrected chi connectivity index (χ0v) is 6.53. The van der Waals surface area contributed by atoms with Gasteiger partial charge in [0.1, 0.15) is 0 Å². The fourth-order valence-electron chi connectivity index (χ4n) is 0. The zero-order chi connectivity index (χ0) is 4.00. The Labute approximate surface area is 37.5 Å². The average Bonchev–Trinajstić information content (AvgIpc) is 1.50. The van der Waals surface area contributed by atoms with Gasteiger partial charge in [0.15, 0.2) is 0 Å². The summed E-state index contributed by atoms with van der Waals surface area (Å²) in [7, 11) is 1.31. The molecule has 0 aliphatic rings. The standard InChI is InChI=1S/CH6Si.Al.O.H/c1-2;;;/h1-2H3;;;. The van der Waals surface area contributed by atoms with Crippen LogP contribution >= 0.6 is 0 Å². The van der Waals surface area contributed by atoms with Crippen molar-refractivity contribution in [2.45, 2.75) is 6.55 Å². The number of hydrogen-bond acceptors (Lipinski definition) is 1. The first kappa shape index (κ1) is 8.82. The molecule has 1 nitrogen and oxygen atoms in total. The predicted molar refractivity (Wildman–Crippen MR) is 23.6 cm³/mol. The zero-order valence-electron chi connectivity index (χ0n) is 3.12. The summed E-state index contributed by atoms with van der Waals surface area (Å²) in [5.41, 5.74) is 0. The second-order valence-corrected chi connectivity index (χ2v) is 0. The molecule has 24 valence electrons. The topological polar surface area (TPSA) is 17.1 Å². The molecule has 0 fully saturated rings. The van der Waals surface area contributed by atoms with Gasteiger partial charge in [-0.05, 0) is 10.2 Å². The van der Waals surface area contributed by atoms with Gasteiger partial charge in [-0.15, -0.1) is 0 Å². The van der Waals surface area contributed by atoms with Gasteiger partial charge in [-0.1, -0.05) is 6.55 Å². The summed E-state index contributed by atoms with van der Waals surface area (Å²) in [6, 6.07) is 0. The van der Waals surface area contributed by atoms with E-state index < -0.39 is 0 Å². The van der Waals surface area contributed by atoms with E-state index in [1.54, 1.807) is 0 Å². The molecule has 0 saturated carbocycles. The van der Waals surface area contributed by atoms with Crippen LogP contribution in [0.4, 0.5) is 0 Å². The Hall–Kier alpha value is 0.549. The maximum atomic E-state index is 8.28. The predicted octanol–water partition coefficient (Wildman–Crippen LogP) is -1.37. The van der Waals surface area contributed by atoms with E-state index in [4.69, 9.17) is 3.80 Å². The molecule has 0 saturated heterocycles. The molecule has 0 aromatic rings. The summed E-state index contributed by atoms with van der Waals surface area (Å²) in [5, 5.41) is 0. The quantitative estimate of drug-likeness (QED) is 0.335. The van der Waals surface area contributed by atoms with E-state index in [9.17, 15) is 0 Å². The number of hydrogen-bond donors (Lipinski definition) is 0. The third-order valence-electron chi connectivity index (χ3n) is 0. The summed E-state index contributed by atoms with van der Waals surface area (Å²) in [4.78, 5) is 0. The van der Waals surface area contributed by atoms with Gasteiger partial charge in [0, 0.05) is 0 Å². The van der Waals surface area contributed by atoms with Crippen molar-refractivity contribution in [3.05, 3.63) is 0 Å². The third kappa shape index (κ3) is 20.3. The fourth-order valence-corrected chi connectivity index (χ4v) is 0. The molecule has 0 spiro atoms. The molecule has 0 radical (unpaired) electrons. The Morgan fingerprint density at radius 1 is 1.50 bits per heavy atom. The summed E-state index contributed by atoms with van der Waals surface area (Å²) in [5.74, 6) is 0. The maximum absolute atomic E-state index is 8.28. The van der Waals surface area contributed by atoms with Gasteiger partial charge in [0.2, 0.25) is 0 Å². The van der Waals surface area contributed by atoms with E-state index in [1.807, 2.05) is 0 Å². The van der Waals surface area contributed by atoms with Crippen molar-refractivity contribution in [3.63, 3.8) is 0 Å². The Morgan fingerprint density at radius 3 is 1.50 bits per heavy atom. The second kappa shape index (κ2) is 76.4. The van der Waals surface area contributed by atoms with Crippen LogP contribution in [0, 0.1) is 0 Å². The molecule has 0 aromatic carbocycles. The first-order chi connectivity index (χ1) is 2.00. The molecule has 0 aliphatic carbocycles. The van der Waals surface area contributed by atoms with E-state index in [2.05, 4.69) is 6.55 Å². The molecule has 0 unspecified atom stereocenters. The van der Waals surface area contributed by atoms with E-state index in [1.165, 1.54) is 10.2 Å². The van der Waals surface area contributed by atoms with E-state index in [-0.39, 0.29) is 0 Å². The van der Waals surface area contributed by atoms with Gasteiger partial charge < -0.3 is 0 Å².